The SMILES string of the molecule is Cc1cccc(C(=O)Cc2nc3ccc(Cl)cc3c(=O)n2-c2ccccc2Cl)n1. The van der Waals surface area contributed by atoms with Crippen LogP contribution in [0.1, 0.15) is 22.0 Å². The first-order chi connectivity index (χ1) is 13.9. The first kappa shape index (κ1) is 19.3. The van der Waals surface area contributed by atoms with Gasteiger partial charge in [-0.1, -0.05) is 41.4 Å². The van der Waals surface area contributed by atoms with Crippen LogP contribution >= 0.6 is 23.2 Å². The molecule has 0 aliphatic heterocycles. The Morgan fingerprint density at radius 2 is 1.79 bits per heavy atom. The average Bonchev–Trinajstić information content (AvgIpc) is 2.70. The van der Waals surface area contributed by atoms with Crippen molar-refractivity contribution < 1.29 is 4.79 Å². The van der Waals surface area contributed by atoms with Gasteiger partial charge in [0.15, 0.2) is 5.78 Å². The maximum Gasteiger partial charge on any atom is 0.266 e. The van der Waals surface area contributed by atoms with Crippen LogP contribution in [-0.2, 0) is 6.42 Å². The number of ketones is 1. The summed E-state index contributed by atoms with van der Waals surface area (Å²) in [5, 5.41) is 1.15. The molecule has 0 saturated heterocycles. The van der Waals surface area contributed by atoms with E-state index in [1.54, 1.807) is 54.6 Å². The minimum absolute atomic E-state index is 0.102. The Morgan fingerprint density at radius 1 is 1.00 bits per heavy atom. The first-order valence-corrected chi connectivity index (χ1v) is 9.62. The van der Waals surface area contributed by atoms with Crippen molar-refractivity contribution in [3.05, 3.63) is 98.3 Å². The van der Waals surface area contributed by atoms with E-state index in [-0.39, 0.29) is 23.6 Å². The van der Waals surface area contributed by atoms with Gasteiger partial charge >= 0.3 is 0 Å². The minimum atomic E-state index is -0.342. The molecular weight excluding hydrogens is 409 g/mol. The topological polar surface area (TPSA) is 64.8 Å². The van der Waals surface area contributed by atoms with Crippen LogP contribution in [0.5, 0.6) is 0 Å². The van der Waals surface area contributed by atoms with E-state index in [1.807, 2.05) is 13.0 Å². The zero-order valence-electron chi connectivity index (χ0n) is 15.4. The quantitative estimate of drug-likeness (QED) is 0.441. The van der Waals surface area contributed by atoms with E-state index in [2.05, 4.69) is 9.97 Å². The number of hydrogen-bond acceptors (Lipinski definition) is 4. The Balaban J connectivity index is 1.93. The lowest BCUT2D eigenvalue weighted by atomic mass is 10.1. The van der Waals surface area contributed by atoms with Gasteiger partial charge in [-0.2, -0.15) is 0 Å². The lowest BCUT2D eigenvalue weighted by Crippen LogP contribution is -2.26. The second kappa shape index (κ2) is 7.78. The summed E-state index contributed by atoms with van der Waals surface area (Å²) in [6.07, 6.45) is -0.102. The number of benzene rings is 2. The van der Waals surface area contributed by atoms with Gasteiger partial charge in [0.2, 0.25) is 0 Å². The fraction of sp³-hybridized carbons (Fsp3) is 0.0909. The molecule has 0 aliphatic rings. The summed E-state index contributed by atoms with van der Waals surface area (Å²) in [7, 11) is 0. The predicted molar refractivity (Wildman–Crippen MR) is 114 cm³/mol. The van der Waals surface area contributed by atoms with Crippen LogP contribution in [0.15, 0.2) is 65.5 Å². The lowest BCUT2D eigenvalue weighted by Gasteiger charge is -2.14. The Labute approximate surface area is 176 Å². The normalized spacial score (nSPS) is 11.0. The van der Waals surface area contributed by atoms with Crippen LogP contribution in [-0.4, -0.2) is 20.3 Å². The van der Waals surface area contributed by atoms with Gasteiger partial charge in [0.1, 0.15) is 11.5 Å². The van der Waals surface area contributed by atoms with Crippen molar-refractivity contribution in [2.24, 2.45) is 0 Å². The first-order valence-electron chi connectivity index (χ1n) is 8.87. The Kier molecular flexibility index (Phi) is 5.18. The van der Waals surface area contributed by atoms with Gasteiger partial charge in [-0.3, -0.25) is 19.1 Å². The van der Waals surface area contributed by atoms with Crippen molar-refractivity contribution in [2.45, 2.75) is 13.3 Å². The third-order valence-electron chi connectivity index (χ3n) is 4.49. The van der Waals surface area contributed by atoms with Gasteiger partial charge < -0.3 is 0 Å². The van der Waals surface area contributed by atoms with Crippen molar-refractivity contribution in [1.29, 1.82) is 0 Å². The highest BCUT2D eigenvalue weighted by atomic mass is 35.5. The number of nitrogens with zero attached hydrogens (tertiary/aromatic N) is 3. The molecule has 144 valence electrons. The van der Waals surface area contributed by atoms with E-state index < -0.39 is 0 Å². The largest absolute Gasteiger partial charge is 0.292 e. The summed E-state index contributed by atoms with van der Waals surface area (Å²) in [5.41, 5.74) is 1.63. The van der Waals surface area contributed by atoms with Crippen LogP contribution in [0.25, 0.3) is 16.6 Å². The lowest BCUT2D eigenvalue weighted by molar-refractivity contribution is 0.0985. The van der Waals surface area contributed by atoms with Crippen LogP contribution in [0.2, 0.25) is 10.0 Å². The van der Waals surface area contributed by atoms with Crippen LogP contribution in [0.3, 0.4) is 0 Å². The Hall–Kier alpha value is -3.02. The number of Topliss-reactive ketones (excluding diaryl/α,β-unsaturated/α-hetero) is 1. The number of carbonyl (C=O) groups is 1. The molecular formula is C22H15Cl2N3O2. The molecule has 2 aromatic carbocycles. The van der Waals surface area contributed by atoms with Gasteiger partial charge in [-0.05, 0) is 49.4 Å². The third-order valence-corrected chi connectivity index (χ3v) is 5.04. The molecule has 0 amide bonds. The number of aryl methyl sites for hydroxylation is 1. The number of fused-ring (bicyclic) bond motifs is 1. The van der Waals surface area contributed by atoms with E-state index in [0.717, 1.165) is 5.69 Å². The summed E-state index contributed by atoms with van der Waals surface area (Å²) in [4.78, 5) is 35.0. The summed E-state index contributed by atoms with van der Waals surface area (Å²) >= 11 is 12.4. The van der Waals surface area contributed by atoms with Gasteiger partial charge in [-0.25, -0.2) is 4.98 Å². The molecule has 2 aromatic heterocycles. The molecule has 0 aliphatic carbocycles. The summed E-state index contributed by atoms with van der Waals surface area (Å²) in [6.45, 7) is 1.81. The molecule has 7 heteroatoms. The van der Waals surface area contributed by atoms with Crippen molar-refractivity contribution in [2.75, 3.05) is 0 Å². The highest BCUT2D eigenvalue weighted by Gasteiger charge is 2.19. The Morgan fingerprint density at radius 3 is 2.55 bits per heavy atom. The Bertz CT molecular complexity index is 1320. The predicted octanol–water partition coefficient (Wildman–Crippen LogP) is 4.82. The number of carbonyl (C=O) groups excluding carboxylic acids is 1. The molecule has 4 aromatic rings. The van der Waals surface area contributed by atoms with Gasteiger partial charge in [0, 0.05) is 10.7 Å². The van der Waals surface area contributed by atoms with Gasteiger partial charge in [0.25, 0.3) is 5.56 Å². The second-order valence-corrected chi connectivity index (χ2v) is 7.39. The molecule has 0 unspecified atom stereocenters. The van der Waals surface area contributed by atoms with Crippen LogP contribution in [0.4, 0.5) is 0 Å². The minimum Gasteiger partial charge on any atom is -0.292 e. The standard InChI is InChI=1S/C22H15Cl2N3O2/c1-13-5-4-7-18(25-13)20(28)12-21-26-17-10-9-14(23)11-15(17)22(29)27(21)19-8-3-2-6-16(19)24/h2-11H,12H2,1H3. The molecule has 4 rings (SSSR count). The van der Waals surface area contributed by atoms with E-state index in [1.165, 1.54) is 4.57 Å². The highest BCUT2D eigenvalue weighted by Crippen LogP contribution is 2.23. The number of hydrogen-bond donors (Lipinski definition) is 0. The van der Waals surface area contributed by atoms with Crippen molar-refractivity contribution >= 4 is 39.9 Å². The van der Waals surface area contributed by atoms with E-state index in [0.29, 0.717) is 32.3 Å². The molecule has 5 nitrogen and oxygen atoms in total. The summed E-state index contributed by atoms with van der Waals surface area (Å²) < 4.78 is 1.37. The number of halogens is 2. The molecule has 0 saturated carbocycles. The van der Waals surface area contributed by atoms with E-state index in [4.69, 9.17) is 23.2 Å². The van der Waals surface area contributed by atoms with Crippen molar-refractivity contribution in [3.8, 4) is 5.69 Å². The zero-order valence-corrected chi connectivity index (χ0v) is 16.9. The summed E-state index contributed by atoms with van der Waals surface area (Å²) in [5.74, 6) is 0.0425. The van der Waals surface area contributed by atoms with Crippen molar-refractivity contribution in [3.63, 3.8) is 0 Å². The average molecular weight is 424 g/mol. The second-order valence-electron chi connectivity index (χ2n) is 6.55. The van der Waals surface area contributed by atoms with Crippen molar-refractivity contribution in [1.82, 2.24) is 14.5 Å². The van der Waals surface area contributed by atoms with E-state index in [9.17, 15) is 9.59 Å². The fourth-order valence-corrected chi connectivity index (χ4v) is 3.53. The van der Waals surface area contributed by atoms with E-state index >= 15 is 0 Å². The number of rotatable bonds is 4. The number of pyridine rings is 1. The summed E-state index contributed by atoms with van der Waals surface area (Å²) in [6, 6.07) is 17.0. The number of para-hydroxylation sites is 1. The molecule has 2 heterocycles. The maximum absolute atomic E-state index is 13.3. The maximum atomic E-state index is 13.3. The molecule has 29 heavy (non-hydrogen) atoms. The molecule has 0 spiro atoms. The number of aromatic nitrogens is 3. The van der Waals surface area contributed by atoms with Gasteiger partial charge in [-0.15, -0.1) is 0 Å². The third kappa shape index (κ3) is 3.79. The smallest absolute Gasteiger partial charge is 0.266 e. The molecule has 0 N–H and O–H groups in total. The highest BCUT2D eigenvalue weighted by molar-refractivity contribution is 6.32. The fourth-order valence-electron chi connectivity index (χ4n) is 3.14. The zero-order chi connectivity index (χ0) is 20.5. The molecule has 0 radical (unpaired) electrons. The molecule has 0 atom stereocenters. The van der Waals surface area contributed by atoms with Crippen LogP contribution < -0.4 is 5.56 Å². The van der Waals surface area contributed by atoms with Gasteiger partial charge in [0.05, 0.1) is 28.0 Å². The molecule has 0 bridgehead atoms. The monoisotopic (exact) mass is 423 g/mol. The molecule has 0 fully saturated rings. The van der Waals surface area contributed by atoms with Crippen LogP contribution in [0, 0.1) is 6.92 Å².